The third-order valence-electron chi connectivity index (χ3n) is 3.03. The predicted molar refractivity (Wildman–Crippen MR) is 76.2 cm³/mol. The lowest BCUT2D eigenvalue weighted by atomic mass is 10.0. The van der Waals surface area contributed by atoms with Crippen LogP contribution in [0.2, 0.25) is 0 Å². The van der Waals surface area contributed by atoms with Gasteiger partial charge in [-0.3, -0.25) is 0 Å². The molecule has 2 rings (SSSR count). The zero-order chi connectivity index (χ0) is 16.9. The Morgan fingerprint density at radius 1 is 1.17 bits per heavy atom. The Hall–Kier alpha value is -3.01. The van der Waals surface area contributed by atoms with E-state index in [9.17, 15) is 13.2 Å². The molecule has 0 spiro atoms. The molecule has 2 aromatic rings. The van der Waals surface area contributed by atoms with Gasteiger partial charge in [-0.15, -0.1) is 0 Å². The van der Waals surface area contributed by atoms with Crippen molar-refractivity contribution in [1.82, 2.24) is 0 Å². The SMILES string of the molecule is N#C/C(=N/O)c1ccccc1COc1cccc(C(F)(F)F)c1. The van der Waals surface area contributed by atoms with Gasteiger partial charge in [-0.2, -0.15) is 18.4 Å². The van der Waals surface area contributed by atoms with Crippen LogP contribution < -0.4 is 4.74 Å². The maximum absolute atomic E-state index is 12.7. The number of ether oxygens (including phenoxy) is 1. The van der Waals surface area contributed by atoms with Crippen LogP contribution in [0.4, 0.5) is 13.2 Å². The molecule has 0 atom stereocenters. The smallest absolute Gasteiger partial charge is 0.416 e. The molecule has 0 aliphatic heterocycles. The topological polar surface area (TPSA) is 65.6 Å². The van der Waals surface area contributed by atoms with Gasteiger partial charge in [0, 0.05) is 5.56 Å². The van der Waals surface area contributed by atoms with Gasteiger partial charge in [0.1, 0.15) is 18.4 Å². The number of nitriles is 1. The van der Waals surface area contributed by atoms with Crippen LogP contribution in [-0.4, -0.2) is 10.9 Å². The van der Waals surface area contributed by atoms with E-state index in [1.165, 1.54) is 12.1 Å². The van der Waals surface area contributed by atoms with Gasteiger partial charge in [0.15, 0.2) is 5.71 Å². The number of nitrogens with zero attached hydrogens (tertiary/aromatic N) is 2. The lowest BCUT2D eigenvalue weighted by Crippen LogP contribution is -2.07. The van der Waals surface area contributed by atoms with Crippen LogP contribution in [0.1, 0.15) is 16.7 Å². The fraction of sp³-hybridized carbons (Fsp3) is 0.125. The zero-order valence-electron chi connectivity index (χ0n) is 11.7. The molecule has 7 heteroatoms. The summed E-state index contributed by atoms with van der Waals surface area (Å²) < 4.78 is 43.3. The van der Waals surface area contributed by atoms with Gasteiger partial charge in [0.25, 0.3) is 0 Å². The fourth-order valence-corrected chi connectivity index (χ4v) is 1.94. The molecule has 0 bridgehead atoms. The Morgan fingerprint density at radius 2 is 1.91 bits per heavy atom. The summed E-state index contributed by atoms with van der Waals surface area (Å²) in [4.78, 5) is 0. The summed E-state index contributed by atoms with van der Waals surface area (Å²) in [6.07, 6.45) is -4.45. The Balaban J connectivity index is 2.21. The van der Waals surface area contributed by atoms with Gasteiger partial charge in [-0.05, 0) is 23.8 Å². The second-order valence-electron chi connectivity index (χ2n) is 4.53. The molecular formula is C16H11F3N2O2. The highest BCUT2D eigenvalue weighted by molar-refractivity contribution is 6.12. The molecule has 0 aliphatic carbocycles. The molecule has 0 fully saturated rings. The summed E-state index contributed by atoms with van der Waals surface area (Å²) in [6.45, 7) is -0.0712. The minimum atomic E-state index is -4.45. The highest BCUT2D eigenvalue weighted by Crippen LogP contribution is 2.31. The van der Waals surface area contributed by atoms with Crippen molar-refractivity contribution >= 4 is 5.71 Å². The van der Waals surface area contributed by atoms with Gasteiger partial charge in [0.2, 0.25) is 0 Å². The van der Waals surface area contributed by atoms with E-state index in [2.05, 4.69) is 5.16 Å². The second-order valence-corrected chi connectivity index (χ2v) is 4.53. The van der Waals surface area contributed by atoms with E-state index in [0.29, 0.717) is 11.1 Å². The van der Waals surface area contributed by atoms with Crippen molar-refractivity contribution in [2.45, 2.75) is 12.8 Å². The van der Waals surface area contributed by atoms with Crippen molar-refractivity contribution in [2.75, 3.05) is 0 Å². The van der Waals surface area contributed by atoms with Crippen molar-refractivity contribution in [1.29, 1.82) is 5.26 Å². The van der Waals surface area contributed by atoms with Gasteiger partial charge < -0.3 is 9.94 Å². The lowest BCUT2D eigenvalue weighted by molar-refractivity contribution is -0.137. The van der Waals surface area contributed by atoms with E-state index in [0.717, 1.165) is 12.1 Å². The number of hydrogen-bond donors (Lipinski definition) is 1. The Labute approximate surface area is 130 Å². The number of hydrogen-bond acceptors (Lipinski definition) is 4. The average Bonchev–Trinajstić information content (AvgIpc) is 2.54. The minimum Gasteiger partial charge on any atom is -0.489 e. The first-order chi connectivity index (χ1) is 11.0. The van der Waals surface area contributed by atoms with Crippen LogP contribution in [0.15, 0.2) is 53.7 Å². The van der Waals surface area contributed by atoms with E-state index in [1.807, 2.05) is 0 Å². The molecule has 23 heavy (non-hydrogen) atoms. The van der Waals surface area contributed by atoms with E-state index in [1.54, 1.807) is 30.3 Å². The summed E-state index contributed by atoms with van der Waals surface area (Å²) in [5.41, 5.74) is -0.144. The standard InChI is InChI=1S/C16H11F3N2O2/c17-16(18,19)12-5-3-6-13(8-12)23-10-11-4-1-2-7-14(11)15(9-20)21-22/h1-8,22H,10H2/b21-15-. The van der Waals surface area contributed by atoms with E-state index in [-0.39, 0.29) is 18.1 Å². The first-order valence-electron chi connectivity index (χ1n) is 6.46. The van der Waals surface area contributed by atoms with Gasteiger partial charge >= 0.3 is 6.18 Å². The molecule has 0 saturated heterocycles. The monoisotopic (exact) mass is 320 g/mol. The molecule has 0 saturated carbocycles. The first kappa shape index (κ1) is 16.4. The number of halogens is 3. The summed E-state index contributed by atoms with van der Waals surface area (Å²) in [5, 5.41) is 20.6. The number of benzene rings is 2. The van der Waals surface area contributed by atoms with Crippen LogP contribution >= 0.6 is 0 Å². The first-order valence-corrected chi connectivity index (χ1v) is 6.46. The van der Waals surface area contributed by atoms with Crippen molar-refractivity contribution in [3.63, 3.8) is 0 Å². The van der Waals surface area contributed by atoms with Gasteiger partial charge in [-0.1, -0.05) is 35.5 Å². The molecule has 118 valence electrons. The Bertz CT molecular complexity index is 764. The van der Waals surface area contributed by atoms with Crippen LogP contribution in [-0.2, 0) is 12.8 Å². The maximum atomic E-state index is 12.7. The normalized spacial score (nSPS) is 11.8. The number of rotatable bonds is 4. The number of oxime groups is 1. The van der Waals surface area contributed by atoms with Crippen LogP contribution in [0.5, 0.6) is 5.75 Å². The second kappa shape index (κ2) is 6.83. The molecular weight excluding hydrogens is 309 g/mol. The minimum absolute atomic E-state index is 0.0501. The number of alkyl halides is 3. The molecule has 4 nitrogen and oxygen atoms in total. The van der Waals surface area contributed by atoms with Crippen molar-refractivity contribution in [3.8, 4) is 11.8 Å². The van der Waals surface area contributed by atoms with Gasteiger partial charge in [-0.25, -0.2) is 0 Å². The highest BCUT2D eigenvalue weighted by Gasteiger charge is 2.30. The molecule has 1 N–H and O–H groups in total. The third-order valence-corrected chi connectivity index (χ3v) is 3.03. The molecule has 0 aliphatic rings. The largest absolute Gasteiger partial charge is 0.489 e. The van der Waals surface area contributed by atoms with E-state index >= 15 is 0 Å². The maximum Gasteiger partial charge on any atom is 0.416 e. The Kier molecular flexibility index (Phi) is 4.86. The van der Waals surface area contributed by atoms with Crippen molar-refractivity contribution in [2.24, 2.45) is 5.16 Å². The summed E-state index contributed by atoms with van der Waals surface area (Å²) >= 11 is 0. The summed E-state index contributed by atoms with van der Waals surface area (Å²) in [5.74, 6) is 0.0501. The van der Waals surface area contributed by atoms with E-state index in [4.69, 9.17) is 15.2 Å². The quantitative estimate of drug-likeness (QED) is 0.526. The molecule has 0 heterocycles. The fourth-order valence-electron chi connectivity index (χ4n) is 1.94. The van der Waals surface area contributed by atoms with Gasteiger partial charge in [0.05, 0.1) is 5.56 Å². The van der Waals surface area contributed by atoms with Crippen LogP contribution in [0.3, 0.4) is 0 Å². The summed E-state index contributed by atoms with van der Waals surface area (Å²) in [7, 11) is 0. The third kappa shape index (κ3) is 4.01. The molecule has 0 aromatic heterocycles. The van der Waals surface area contributed by atoms with Crippen LogP contribution in [0.25, 0.3) is 0 Å². The average molecular weight is 320 g/mol. The van der Waals surface area contributed by atoms with Crippen LogP contribution in [0, 0.1) is 11.3 Å². The molecule has 2 aromatic carbocycles. The molecule has 0 radical (unpaired) electrons. The predicted octanol–water partition coefficient (Wildman–Crippen LogP) is 3.99. The lowest BCUT2D eigenvalue weighted by Gasteiger charge is -2.12. The molecule has 0 amide bonds. The summed E-state index contributed by atoms with van der Waals surface area (Å²) in [6, 6.07) is 12.8. The van der Waals surface area contributed by atoms with E-state index < -0.39 is 11.7 Å². The zero-order valence-corrected chi connectivity index (χ0v) is 11.7. The van der Waals surface area contributed by atoms with Crippen molar-refractivity contribution in [3.05, 3.63) is 65.2 Å². The van der Waals surface area contributed by atoms with Crippen molar-refractivity contribution < 1.29 is 23.1 Å². The molecule has 0 unspecified atom stereocenters. The Morgan fingerprint density at radius 3 is 2.57 bits per heavy atom. The highest BCUT2D eigenvalue weighted by atomic mass is 19.4.